The predicted octanol–water partition coefficient (Wildman–Crippen LogP) is 2.77. The number of aryl methyl sites for hydroxylation is 1. The van der Waals surface area contributed by atoms with Crippen LogP contribution >= 0.6 is 23.2 Å². The van der Waals surface area contributed by atoms with Crippen LogP contribution in [0, 0.1) is 6.92 Å². The maximum absolute atomic E-state index is 12.5. The summed E-state index contributed by atoms with van der Waals surface area (Å²) in [6, 6.07) is 2.99. The summed E-state index contributed by atoms with van der Waals surface area (Å²) in [5.74, 6) is 0. The van der Waals surface area contributed by atoms with E-state index >= 15 is 0 Å². The number of rotatable bonds is 4. The van der Waals surface area contributed by atoms with Crippen molar-refractivity contribution in [1.29, 1.82) is 0 Å². The van der Waals surface area contributed by atoms with Gasteiger partial charge in [0.2, 0.25) is 0 Å². The summed E-state index contributed by atoms with van der Waals surface area (Å²) in [5.41, 5.74) is 6.76. The van der Waals surface area contributed by atoms with Crippen molar-refractivity contribution in [3.8, 4) is 0 Å². The molecule has 118 valence electrons. The zero-order chi connectivity index (χ0) is 15.6. The molecule has 21 heavy (non-hydrogen) atoms. The number of nitrogens with one attached hydrogen (secondary N) is 1. The number of benzene rings is 1. The summed E-state index contributed by atoms with van der Waals surface area (Å²) in [4.78, 5) is 0. The first kappa shape index (κ1) is 16.8. The largest absolute Gasteiger partial charge is 0.329 e. The van der Waals surface area contributed by atoms with E-state index in [0.29, 0.717) is 23.1 Å². The van der Waals surface area contributed by atoms with Crippen LogP contribution in [0.25, 0.3) is 0 Å². The summed E-state index contributed by atoms with van der Waals surface area (Å²) in [6.45, 7) is 2.58. The molecular formula is C13H19Cl2N3O2S. The number of halogens is 2. The Morgan fingerprint density at radius 3 is 2.71 bits per heavy atom. The molecule has 0 amide bonds. The third-order valence-corrected chi connectivity index (χ3v) is 5.94. The monoisotopic (exact) mass is 351 g/mol. The predicted molar refractivity (Wildman–Crippen MR) is 87.1 cm³/mol. The van der Waals surface area contributed by atoms with Gasteiger partial charge in [-0.2, -0.15) is 12.7 Å². The van der Waals surface area contributed by atoms with Gasteiger partial charge in [-0.25, -0.2) is 0 Å². The molecule has 0 spiro atoms. The minimum atomic E-state index is -3.69. The van der Waals surface area contributed by atoms with Crippen LogP contribution in [0.15, 0.2) is 12.1 Å². The molecule has 1 aromatic rings. The molecule has 1 unspecified atom stereocenters. The van der Waals surface area contributed by atoms with Crippen molar-refractivity contribution in [2.45, 2.75) is 32.2 Å². The van der Waals surface area contributed by atoms with Crippen LogP contribution in [-0.2, 0) is 10.2 Å². The van der Waals surface area contributed by atoms with Crippen LogP contribution in [-0.4, -0.2) is 31.9 Å². The standard InChI is InChI=1S/C13H19Cl2N3O2S/c1-9-6-12(15)13(7-11(9)14)17-21(19,20)18-5-3-2-4-10(18)8-16/h6-7,10,17H,2-5,8,16H2,1H3. The Balaban J connectivity index is 2.26. The average molecular weight is 352 g/mol. The second-order valence-electron chi connectivity index (χ2n) is 5.18. The highest BCUT2D eigenvalue weighted by atomic mass is 35.5. The average Bonchev–Trinajstić information content (AvgIpc) is 2.44. The summed E-state index contributed by atoms with van der Waals surface area (Å²) < 4.78 is 29.0. The molecule has 2 rings (SSSR count). The maximum Gasteiger partial charge on any atom is 0.301 e. The summed E-state index contributed by atoms with van der Waals surface area (Å²) in [5, 5.41) is 0.785. The Bertz CT molecular complexity index is 622. The smallest absolute Gasteiger partial charge is 0.301 e. The van der Waals surface area contributed by atoms with E-state index in [2.05, 4.69) is 4.72 Å². The van der Waals surface area contributed by atoms with Gasteiger partial charge in [-0.05, 0) is 37.5 Å². The SMILES string of the molecule is Cc1cc(Cl)c(NS(=O)(=O)N2CCCCC2CN)cc1Cl. The molecule has 0 bridgehead atoms. The lowest BCUT2D eigenvalue weighted by Gasteiger charge is -2.34. The van der Waals surface area contributed by atoms with E-state index in [0.717, 1.165) is 24.8 Å². The normalized spacial score (nSPS) is 20.5. The highest BCUT2D eigenvalue weighted by Gasteiger charge is 2.31. The Kier molecular flexibility index (Phi) is 5.38. The minimum absolute atomic E-state index is 0.170. The van der Waals surface area contributed by atoms with Gasteiger partial charge in [0.15, 0.2) is 0 Å². The summed E-state index contributed by atoms with van der Waals surface area (Å²) in [6.07, 6.45) is 2.60. The van der Waals surface area contributed by atoms with Gasteiger partial charge in [0.25, 0.3) is 0 Å². The lowest BCUT2D eigenvalue weighted by Crippen LogP contribution is -2.49. The van der Waals surface area contributed by atoms with Gasteiger partial charge in [0, 0.05) is 24.2 Å². The molecule has 0 saturated carbocycles. The van der Waals surface area contributed by atoms with Gasteiger partial charge < -0.3 is 5.73 Å². The Labute approximate surface area is 135 Å². The van der Waals surface area contributed by atoms with Gasteiger partial charge in [0.05, 0.1) is 10.7 Å². The molecule has 1 aliphatic heterocycles. The quantitative estimate of drug-likeness (QED) is 0.875. The van der Waals surface area contributed by atoms with Crippen molar-refractivity contribution in [1.82, 2.24) is 4.31 Å². The van der Waals surface area contributed by atoms with E-state index in [-0.39, 0.29) is 11.7 Å². The van der Waals surface area contributed by atoms with E-state index < -0.39 is 10.2 Å². The van der Waals surface area contributed by atoms with Crippen LogP contribution in [0.4, 0.5) is 5.69 Å². The van der Waals surface area contributed by atoms with Crippen LogP contribution in [0.5, 0.6) is 0 Å². The van der Waals surface area contributed by atoms with Crippen LogP contribution in [0.3, 0.4) is 0 Å². The van der Waals surface area contributed by atoms with E-state index in [1.165, 1.54) is 10.4 Å². The van der Waals surface area contributed by atoms with Gasteiger partial charge in [-0.3, -0.25) is 4.72 Å². The summed E-state index contributed by atoms with van der Waals surface area (Å²) in [7, 11) is -3.69. The number of anilines is 1. The Hall–Kier alpha value is -0.530. The maximum atomic E-state index is 12.5. The minimum Gasteiger partial charge on any atom is -0.329 e. The fourth-order valence-corrected chi connectivity index (χ4v) is 4.45. The molecule has 3 N–H and O–H groups in total. The third kappa shape index (κ3) is 3.81. The lowest BCUT2D eigenvalue weighted by molar-refractivity contribution is 0.259. The van der Waals surface area contributed by atoms with Crippen molar-refractivity contribution >= 4 is 39.1 Å². The molecule has 1 aromatic carbocycles. The third-order valence-electron chi connectivity index (χ3n) is 3.64. The van der Waals surface area contributed by atoms with E-state index in [1.807, 2.05) is 6.92 Å². The van der Waals surface area contributed by atoms with Crippen molar-refractivity contribution in [2.75, 3.05) is 17.8 Å². The number of hydrogen-bond acceptors (Lipinski definition) is 3. The fraction of sp³-hybridized carbons (Fsp3) is 0.538. The molecule has 8 heteroatoms. The summed E-state index contributed by atoms with van der Waals surface area (Å²) >= 11 is 12.1. The molecule has 0 aromatic heterocycles. The first-order chi connectivity index (χ1) is 9.85. The molecule has 5 nitrogen and oxygen atoms in total. The molecule has 1 heterocycles. The Morgan fingerprint density at radius 2 is 2.05 bits per heavy atom. The van der Waals surface area contributed by atoms with Gasteiger partial charge in [0.1, 0.15) is 0 Å². The highest BCUT2D eigenvalue weighted by Crippen LogP contribution is 2.30. The number of nitrogens with zero attached hydrogens (tertiary/aromatic N) is 1. The molecule has 1 aliphatic rings. The molecule has 1 saturated heterocycles. The van der Waals surface area contributed by atoms with Crippen LogP contribution in [0.2, 0.25) is 10.0 Å². The van der Waals surface area contributed by atoms with Gasteiger partial charge in [-0.1, -0.05) is 29.6 Å². The molecule has 0 aliphatic carbocycles. The first-order valence-corrected chi connectivity index (χ1v) is 9.00. The van der Waals surface area contributed by atoms with Crippen molar-refractivity contribution < 1.29 is 8.42 Å². The molecule has 0 radical (unpaired) electrons. The van der Waals surface area contributed by atoms with Crippen LogP contribution < -0.4 is 10.5 Å². The Morgan fingerprint density at radius 1 is 1.33 bits per heavy atom. The zero-order valence-electron chi connectivity index (χ0n) is 11.8. The van der Waals surface area contributed by atoms with Gasteiger partial charge in [-0.15, -0.1) is 0 Å². The van der Waals surface area contributed by atoms with Crippen molar-refractivity contribution in [2.24, 2.45) is 5.73 Å². The number of piperidine rings is 1. The topological polar surface area (TPSA) is 75.4 Å². The lowest BCUT2D eigenvalue weighted by atomic mass is 10.1. The zero-order valence-corrected chi connectivity index (χ0v) is 14.1. The number of hydrogen-bond donors (Lipinski definition) is 2. The van der Waals surface area contributed by atoms with Crippen LogP contribution in [0.1, 0.15) is 24.8 Å². The molecule has 1 fully saturated rings. The molecule has 1 atom stereocenters. The highest BCUT2D eigenvalue weighted by molar-refractivity contribution is 7.90. The molecular weight excluding hydrogens is 333 g/mol. The van der Waals surface area contributed by atoms with E-state index in [4.69, 9.17) is 28.9 Å². The number of nitrogens with two attached hydrogens (primary N) is 1. The fourth-order valence-electron chi connectivity index (χ4n) is 2.45. The van der Waals surface area contributed by atoms with E-state index in [1.54, 1.807) is 6.07 Å². The second-order valence-corrected chi connectivity index (χ2v) is 7.62. The van der Waals surface area contributed by atoms with Gasteiger partial charge >= 0.3 is 10.2 Å². The first-order valence-electron chi connectivity index (χ1n) is 6.80. The van der Waals surface area contributed by atoms with Crippen molar-refractivity contribution in [3.63, 3.8) is 0 Å². The van der Waals surface area contributed by atoms with Crippen molar-refractivity contribution in [3.05, 3.63) is 27.7 Å². The second kappa shape index (κ2) is 6.71. The van der Waals surface area contributed by atoms with E-state index in [9.17, 15) is 8.42 Å².